The highest BCUT2D eigenvalue weighted by atomic mass is 32.2. The Bertz CT molecular complexity index is 1040. The molecule has 1 N–H and O–H groups in total. The second-order valence-electron chi connectivity index (χ2n) is 9.09. The van der Waals surface area contributed by atoms with Crippen LogP contribution in [0.2, 0.25) is 0 Å². The molecule has 2 aromatic rings. The van der Waals surface area contributed by atoms with Gasteiger partial charge in [0, 0.05) is 24.7 Å². The van der Waals surface area contributed by atoms with Crippen molar-refractivity contribution >= 4 is 21.6 Å². The van der Waals surface area contributed by atoms with E-state index in [1.54, 1.807) is 12.1 Å². The standard InChI is InChI=1S/C25H32N2O3S/c1-18(2)25(28)27-15-14-22-16-19(8-13-24(22)27)17-26-31(29,30)23-11-9-21(10-12-23)20-6-4-3-5-7-20/h8-13,16,18,20,26H,3-7,14-15,17H2,1-2H3. The molecule has 31 heavy (non-hydrogen) atoms. The third-order valence-electron chi connectivity index (χ3n) is 6.53. The quantitative estimate of drug-likeness (QED) is 0.704. The Morgan fingerprint density at radius 3 is 2.45 bits per heavy atom. The summed E-state index contributed by atoms with van der Waals surface area (Å²) in [5.41, 5.74) is 4.20. The topological polar surface area (TPSA) is 66.5 Å². The molecule has 0 aromatic heterocycles. The average Bonchev–Trinajstić information content (AvgIpc) is 3.21. The maximum absolute atomic E-state index is 12.8. The minimum Gasteiger partial charge on any atom is -0.312 e. The van der Waals surface area contributed by atoms with E-state index < -0.39 is 10.0 Å². The van der Waals surface area contributed by atoms with Crippen molar-refractivity contribution in [3.8, 4) is 0 Å². The lowest BCUT2D eigenvalue weighted by Crippen LogP contribution is -2.32. The van der Waals surface area contributed by atoms with Crippen molar-refractivity contribution in [1.29, 1.82) is 0 Å². The number of amides is 1. The van der Waals surface area contributed by atoms with E-state index in [1.807, 2.05) is 49.1 Å². The van der Waals surface area contributed by atoms with Crippen LogP contribution in [0, 0.1) is 5.92 Å². The first-order valence-corrected chi connectivity index (χ1v) is 12.9. The van der Waals surface area contributed by atoms with Gasteiger partial charge in [-0.15, -0.1) is 0 Å². The fourth-order valence-electron chi connectivity index (χ4n) is 4.72. The van der Waals surface area contributed by atoms with Crippen LogP contribution in [0.25, 0.3) is 0 Å². The molecular formula is C25H32N2O3S. The van der Waals surface area contributed by atoms with Gasteiger partial charge in [-0.1, -0.05) is 57.4 Å². The number of benzene rings is 2. The van der Waals surface area contributed by atoms with Crippen LogP contribution in [0.1, 0.15) is 68.6 Å². The molecule has 0 bridgehead atoms. The second-order valence-corrected chi connectivity index (χ2v) is 10.9. The number of carbonyl (C=O) groups is 1. The molecule has 5 nitrogen and oxygen atoms in total. The van der Waals surface area contributed by atoms with Crippen LogP contribution in [-0.4, -0.2) is 20.9 Å². The zero-order valence-electron chi connectivity index (χ0n) is 18.4. The number of sulfonamides is 1. The molecule has 2 aliphatic rings. The number of rotatable bonds is 6. The van der Waals surface area contributed by atoms with Crippen LogP contribution in [-0.2, 0) is 27.8 Å². The van der Waals surface area contributed by atoms with Gasteiger partial charge in [0.1, 0.15) is 0 Å². The molecule has 1 fully saturated rings. The largest absolute Gasteiger partial charge is 0.312 e. The van der Waals surface area contributed by atoms with Crippen molar-refractivity contribution in [2.75, 3.05) is 11.4 Å². The molecule has 166 valence electrons. The van der Waals surface area contributed by atoms with E-state index in [4.69, 9.17) is 0 Å². The molecule has 1 saturated carbocycles. The lowest BCUT2D eigenvalue weighted by molar-refractivity contribution is -0.121. The van der Waals surface area contributed by atoms with Gasteiger partial charge in [0.2, 0.25) is 15.9 Å². The summed E-state index contributed by atoms with van der Waals surface area (Å²) in [5.74, 6) is 0.651. The first kappa shape index (κ1) is 22.0. The van der Waals surface area contributed by atoms with Crippen molar-refractivity contribution in [3.05, 3.63) is 59.2 Å². The van der Waals surface area contributed by atoms with E-state index in [1.165, 1.54) is 37.7 Å². The molecule has 1 aliphatic heterocycles. The molecule has 1 heterocycles. The summed E-state index contributed by atoms with van der Waals surface area (Å²) in [6.45, 7) is 4.74. The predicted molar refractivity (Wildman–Crippen MR) is 124 cm³/mol. The lowest BCUT2D eigenvalue weighted by atomic mass is 9.84. The van der Waals surface area contributed by atoms with Crippen LogP contribution >= 0.6 is 0 Å². The minimum atomic E-state index is -3.57. The molecule has 0 atom stereocenters. The lowest BCUT2D eigenvalue weighted by Gasteiger charge is -2.22. The van der Waals surface area contributed by atoms with E-state index in [9.17, 15) is 13.2 Å². The molecule has 0 radical (unpaired) electrons. The molecule has 6 heteroatoms. The van der Waals surface area contributed by atoms with Crippen LogP contribution in [0.3, 0.4) is 0 Å². The van der Waals surface area contributed by atoms with Gasteiger partial charge in [-0.25, -0.2) is 13.1 Å². The number of nitrogens with zero attached hydrogens (tertiary/aromatic N) is 1. The molecule has 4 rings (SSSR count). The van der Waals surface area contributed by atoms with Crippen LogP contribution in [0.15, 0.2) is 47.4 Å². The van der Waals surface area contributed by atoms with Crippen molar-refractivity contribution in [2.45, 2.75) is 69.7 Å². The van der Waals surface area contributed by atoms with Gasteiger partial charge in [0.25, 0.3) is 0 Å². The number of carbonyl (C=O) groups excluding carboxylic acids is 1. The fraction of sp³-hybridized carbons (Fsp3) is 0.480. The first-order valence-electron chi connectivity index (χ1n) is 11.4. The Hall–Kier alpha value is -2.18. The Labute approximate surface area is 185 Å². The summed E-state index contributed by atoms with van der Waals surface area (Å²) in [7, 11) is -3.57. The zero-order valence-corrected chi connectivity index (χ0v) is 19.2. The minimum absolute atomic E-state index is 0.0399. The number of nitrogens with one attached hydrogen (secondary N) is 1. The van der Waals surface area contributed by atoms with Crippen LogP contribution < -0.4 is 9.62 Å². The number of anilines is 1. The molecule has 2 aromatic carbocycles. The van der Waals surface area contributed by atoms with Crippen molar-refractivity contribution < 1.29 is 13.2 Å². The monoisotopic (exact) mass is 440 g/mol. The van der Waals surface area contributed by atoms with E-state index in [0.29, 0.717) is 17.4 Å². The number of hydrogen-bond acceptors (Lipinski definition) is 3. The summed E-state index contributed by atoms with van der Waals surface area (Å²) < 4.78 is 28.3. The fourth-order valence-corrected chi connectivity index (χ4v) is 5.74. The van der Waals surface area contributed by atoms with Crippen LogP contribution in [0.4, 0.5) is 5.69 Å². The third-order valence-corrected chi connectivity index (χ3v) is 7.95. The second kappa shape index (κ2) is 9.13. The van der Waals surface area contributed by atoms with Crippen molar-refractivity contribution in [1.82, 2.24) is 4.72 Å². The Morgan fingerprint density at radius 2 is 1.77 bits per heavy atom. The highest BCUT2D eigenvalue weighted by Crippen LogP contribution is 2.33. The molecular weight excluding hydrogens is 408 g/mol. The maximum atomic E-state index is 12.8. The van der Waals surface area contributed by atoms with Gasteiger partial charge in [-0.3, -0.25) is 4.79 Å². The zero-order chi connectivity index (χ0) is 22.0. The SMILES string of the molecule is CC(C)C(=O)N1CCc2cc(CNS(=O)(=O)c3ccc(C4CCCCC4)cc3)ccc21. The normalized spacial score (nSPS) is 17.2. The maximum Gasteiger partial charge on any atom is 0.240 e. The number of hydrogen-bond donors (Lipinski definition) is 1. The highest BCUT2D eigenvalue weighted by molar-refractivity contribution is 7.89. The van der Waals surface area contributed by atoms with E-state index in [-0.39, 0.29) is 18.4 Å². The summed E-state index contributed by atoms with van der Waals surface area (Å²) in [6.07, 6.45) is 7.03. The van der Waals surface area contributed by atoms with Gasteiger partial charge in [-0.05, 0) is 60.1 Å². The van der Waals surface area contributed by atoms with E-state index >= 15 is 0 Å². The van der Waals surface area contributed by atoms with Gasteiger partial charge >= 0.3 is 0 Å². The Balaban J connectivity index is 1.41. The molecule has 1 aliphatic carbocycles. The van der Waals surface area contributed by atoms with Gasteiger partial charge in [0.05, 0.1) is 4.90 Å². The van der Waals surface area contributed by atoms with Crippen molar-refractivity contribution in [3.63, 3.8) is 0 Å². The molecule has 0 saturated heterocycles. The summed E-state index contributed by atoms with van der Waals surface area (Å²) in [6, 6.07) is 13.2. The third kappa shape index (κ3) is 4.85. The highest BCUT2D eigenvalue weighted by Gasteiger charge is 2.26. The van der Waals surface area contributed by atoms with Gasteiger partial charge in [0.15, 0.2) is 0 Å². The predicted octanol–water partition coefficient (Wildman–Crippen LogP) is 4.76. The van der Waals surface area contributed by atoms with E-state index in [0.717, 1.165) is 23.2 Å². The first-order chi connectivity index (χ1) is 14.8. The number of fused-ring (bicyclic) bond motifs is 1. The molecule has 0 unspecified atom stereocenters. The average molecular weight is 441 g/mol. The van der Waals surface area contributed by atoms with Gasteiger partial charge < -0.3 is 4.90 Å². The van der Waals surface area contributed by atoms with Crippen LogP contribution in [0.5, 0.6) is 0 Å². The van der Waals surface area contributed by atoms with Gasteiger partial charge in [-0.2, -0.15) is 0 Å². The summed E-state index contributed by atoms with van der Waals surface area (Å²) in [5, 5.41) is 0. The molecule has 0 spiro atoms. The Kier molecular flexibility index (Phi) is 6.49. The Morgan fingerprint density at radius 1 is 1.06 bits per heavy atom. The summed E-state index contributed by atoms with van der Waals surface area (Å²) >= 11 is 0. The molecule has 1 amide bonds. The van der Waals surface area contributed by atoms with Crippen molar-refractivity contribution in [2.24, 2.45) is 5.92 Å². The van der Waals surface area contributed by atoms with E-state index in [2.05, 4.69) is 4.72 Å². The summed E-state index contributed by atoms with van der Waals surface area (Å²) in [4.78, 5) is 14.5. The smallest absolute Gasteiger partial charge is 0.240 e.